The van der Waals surface area contributed by atoms with Gasteiger partial charge in [-0.15, -0.1) is 5.10 Å². The van der Waals surface area contributed by atoms with Crippen molar-refractivity contribution in [3.8, 4) is 0 Å². The van der Waals surface area contributed by atoms with Crippen molar-refractivity contribution in [3.63, 3.8) is 0 Å². The van der Waals surface area contributed by atoms with Crippen LogP contribution in [0.4, 0.5) is 0 Å². The maximum atomic E-state index is 6.33. The van der Waals surface area contributed by atoms with Crippen LogP contribution in [0.5, 0.6) is 0 Å². The van der Waals surface area contributed by atoms with Crippen LogP contribution >= 0.6 is 23.2 Å². The molecule has 5 nitrogen and oxygen atoms in total. The summed E-state index contributed by atoms with van der Waals surface area (Å²) < 4.78 is 1.97. The first-order valence-corrected chi connectivity index (χ1v) is 9.18. The molecule has 1 aliphatic rings. The van der Waals surface area contributed by atoms with Crippen LogP contribution in [-0.4, -0.2) is 22.0 Å². The van der Waals surface area contributed by atoms with Crippen LogP contribution in [0.3, 0.4) is 0 Å². The molecule has 3 aromatic rings. The molecule has 0 radical (unpaired) electrons. The summed E-state index contributed by atoms with van der Waals surface area (Å²) in [6, 6.07) is 12.0. The highest BCUT2D eigenvalue weighted by molar-refractivity contribution is 6.36. The molecular formula is C19H17Cl2N5. The second-order valence-electron chi connectivity index (χ2n) is 6.35. The molecule has 0 aliphatic carbocycles. The highest BCUT2D eigenvalue weighted by Gasteiger charge is 2.13. The monoisotopic (exact) mass is 385 g/mol. The van der Waals surface area contributed by atoms with Gasteiger partial charge in [0.2, 0.25) is 0 Å². The van der Waals surface area contributed by atoms with E-state index in [1.807, 2.05) is 29.8 Å². The average Bonchev–Trinajstić information content (AvgIpc) is 3.25. The molecule has 1 aliphatic heterocycles. The molecule has 0 unspecified atom stereocenters. The summed E-state index contributed by atoms with van der Waals surface area (Å²) >= 11 is 12.7. The van der Waals surface area contributed by atoms with Gasteiger partial charge in [0, 0.05) is 21.0 Å². The van der Waals surface area contributed by atoms with Crippen molar-refractivity contribution in [1.82, 2.24) is 9.78 Å². The van der Waals surface area contributed by atoms with Gasteiger partial charge < -0.3 is 0 Å². The predicted molar refractivity (Wildman–Crippen MR) is 106 cm³/mol. The molecule has 1 aromatic heterocycles. The van der Waals surface area contributed by atoms with Crippen LogP contribution in [0.1, 0.15) is 23.2 Å². The molecule has 132 valence electrons. The van der Waals surface area contributed by atoms with Crippen molar-refractivity contribution in [2.24, 2.45) is 15.4 Å². The Hall–Kier alpha value is -2.24. The quantitative estimate of drug-likeness (QED) is 0.575. The summed E-state index contributed by atoms with van der Waals surface area (Å²) in [4.78, 5) is 0. The minimum absolute atomic E-state index is 0.538. The van der Waals surface area contributed by atoms with Crippen molar-refractivity contribution in [3.05, 3.63) is 63.3 Å². The Labute approximate surface area is 161 Å². The summed E-state index contributed by atoms with van der Waals surface area (Å²) in [5.74, 6) is 0. The van der Waals surface area contributed by atoms with Crippen LogP contribution in [0.15, 0.2) is 51.8 Å². The Balaban J connectivity index is 1.65. The lowest BCUT2D eigenvalue weighted by Crippen LogP contribution is -2.04. The Morgan fingerprint density at radius 1 is 1.08 bits per heavy atom. The van der Waals surface area contributed by atoms with Gasteiger partial charge in [-0.25, -0.2) is 0 Å². The number of halogens is 2. The van der Waals surface area contributed by atoms with Crippen molar-refractivity contribution >= 4 is 39.8 Å². The van der Waals surface area contributed by atoms with E-state index in [1.165, 1.54) is 5.56 Å². The second kappa shape index (κ2) is 7.17. The Bertz CT molecular complexity index is 1020. The first-order chi connectivity index (χ1) is 12.6. The Kier molecular flexibility index (Phi) is 4.74. The summed E-state index contributed by atoms with van der Waals surface area (Å²) in [7, 11) is 0. The molecule has 0 atom stereocenters. The summed E-state index contributed by atoms with van der Waals surface area (Å²) in [5, 5.41) is 18.7. The number of hydrogen-bond donors (Lipinski definition) is 0. The highest BCUT2D eigenvalue weighted by atomic mass is 35.5. The second-order valence-corrected chi connectivity index (χ2v) is 7.16. The van der Waals surface area contributed by atoms with Crippen LogP contribution in [-0.2, 0) is 13.0 Å². The lowest BCUT2D eigenvalue weighted by atomic mass is 10.0. The molecule has 0 bridgehead atoms. The molecule has 2 aromatic carbocycles. The third kappa shape index (κ3) is 3.37. The van der Waals surface area contributed by atoms with Crippen molar-refractivity contribution in [1.29, 1.82) is 0 Å². The molecule has 0 saturated heterocycles. The maximum Gasteiger partial charge on any atom is 0.102 e. The number of nitrogens with zero attached hydrogens (tertiary/aromatic N) is 5. The van der Waals surface area contributed by atoms with Crippen molar-refractivity contribution < 1.29 is 0 Å². The van der Waals surface area contributed by atoms with E-state index in [-0.39, 0.29) is 0 Å². The lowest BCUT2D eigenvalue weighted by molar-refractivity contribution is 0.703. The molecular weight excluding hydrogens is 369 g/mol. The number of fused-ring (bicyclic) bond motifs is 1. The van der Waals surface area contributed by atoms with Gasteiger partial charge in [0.05, 0.1) is 23.5 Å². The Morgan fingerprint density at radius 2 is 1.88 bits per heavy atom. The van der Waals surface area contributed by atoms with E-state index in [4.69, 9.17) is 28.3 Å². The van der Waals surface area contributed by atoms with Gasteiger partial charge in [0.1, 0.15) is 6.54 Å². The van der Waals surface area contributed by atoms with Gasteiger partial charge in [0.15, 0.2) is 0 Å². The number of rotatable bonds is 5. The molecule has 26 heavy (non-hydrogen) atoms. The maximum absolute atomic E-state index is 6.33. The topological polar surface area (TPSA) is 54.9 Å². The zero-order valence-electron chi connectivity index (χ0n) is 14.3. The minimum atomic E-state index is 0.538. The molecule has 0 spiro atoms. The molecule has 7 heteroatoms. The number of aromatic nitrogens is 2. The van der Waals surface area contributed by atoms with Crippen LogP contribution in [0, 0.1) is 6.92 Å². The zero-order valence-corrected chi connectivity index (χ0v) is 15.8. The molecule has 0 fully saturated rings. The van der Waals surface area contributed by atoms with Gasteiger partial charge in [-0.05, 0) is 48.8 Å². The van der Waals surface area contributed by atoms with E-state index >= 15 is 0 Å². The normalized spacial score (nSPS) is 13.6. The van der Waals surface area contributed by atoms with Gasteiger partial charge in [-0.2, -0.15) is 10.2 Å². The fraction of sp³-hybridized carbons (Fsp3) is 0.263. The van der Waals surface area contributed by atoms with Gasteiger partial charge in [-0.3, -0.25) is 4.68 Å². The van der Waals surface area contributed by atoms with E-state index in [1.54, 1.807) is 0 Å². The molecule has 4 rings (SSSR count). The standard InChI is InChI=1S/C19H17Cl2N5/c1-12-15-8-6-13(5-7-14-10-22-25-23-14)9-19(15)26(24-12)11-16-17(20)3-2-4-18(16)21/h2-4,6,8-9H,5,7,10-11H2,1H3. The van der Waals surface area contributed by atoms with Crippen LogP contribution in [0.2, 0.25) is 10.0 Å². The van der Waals surface area contributed by atoms with E-state index in [0.29, 0.717) is 23.1 Å². The van der Waals surface area contributed by atoms with Gasteiger partial charge in [0.25, 0.3) is 0 Å². The SMILES string of the molecule is Cc1nn(Cc2c(Cl)cccc2Cl)c2cc(CCC3=NN=NC3)ccc12. The summed E-state index contributed by atoms with van der Waals surface area (Å²) in [5.41, 5.74) is 5.22. The van der Waals surface area contributed by atoms with Crippen molar-refractivity contribution in [2.75, 3.05) is 6.54 Å². The average molecular weight is 386 g/mol. The van der Waals surface area contributed by atoms with Crippen LogP contribution < -0.4 is 0 Å². The smallest absolute Gasteiger partial charge is 0.102 e. The van der Waals surface area contributed by atoms with E-state index in [9.17, 15) is 0 Å². The minimum Gasteiger partial charge on any atom is -0.260 e. The fourth-order valence-corrected chi connectivity index (χ4v) is 3.67. The molecule has 2 heterocycles. The fourth-order valence-electron chi connectivity index (χ4n) is 3.15. The third-order valence-electron chi connectivity index (χ3n) is 4.58. The summed E-state index contributed by atoms with van der Waals surface area (Å²) in [6.07, 6.45) is 1.76. The molecule has 0 saturated carbocycles. The van der Waals surface area contributed by atoms with E-state index in [0.717, 1.165) is 40.7 Å². The van der Waals surface area contributed by atoms with Crippen molar-refractivity contribution in [2.45, 2.75) is 26.3 Å². The summed E-state index contributed by atoms with van der Waals surface area (Å²) in [6.45, 7) is 3.17. The number of hydrogen-bond acceptors (Lipinski definition) is 4. The first kappa shape index (κ1) is 17.2. The van der Waals surface area contributed by atoms with E-state index in [2.05, 4.69) is 33.6 Å². The molecule has 0 amide bonds. The first-order valence-electron chi connectivity index (χ1n) is 8.43. The largest absolute Gasteiger partial charge is 0.260 e. The molecule has 0 N–H and O–H groups in total. The Morgan fingerprint density at radius 3 is 2.62 bits per heavy atom. The van der Waals surface area contributed by atoms with Crippen LogP contribution in [0.25, 0.3) is 10.9 Å². The zero-order chi connectivity index (χ0) is 18.1. The third-order valence-corrected chi connectivity index (χ3v) is 5.28. The van der Waals surface area contributed by atoms with E-state index < -0.39 is 0 Å². The number of benzene rings is 2. The van der Waals surface area contributed by atoms with Gasteiger partial charge >= 0.3 is 0 Å². The van der Waals surface area contributed by atoms with Gasteiger partial charge in [-0.1, -0.05) is 41.4 Å². The highest BCUT2D eigenvalue weighted by Crippen LogP contribution is 2.27. The lowest BCUT2D eigenvalue weighted by Gasteiger charge is -2.09. The number of aryl methyl sites for hydroxylation is 2. The predicted octanol–water partition coefficient (Wildman–Crippen LogP) is 5.45.